The van der Waals surface area contributed by atoms with E-state index in [0.29, 0.717) is 37.2 Å². The number of benzene rings is 1. The van der Waals surface area contributed by atoms with E-state index >= 15 is 0 Å². The van der Waals surface area contributed by atoms with Crippen molar-refractivity contribution in [2.24, 2.45) is 16.1 Å². The number of carbonyl (C=O) groups is 3. The highest BCUT2D eigenvalue weighted by molar-refractivity contribution is 7.59. The first-order chi connectivity index (χ1) is 14.3. The second kappa shape index (κ2) is 12.4. The Hall–Kier alpha value is -1.91. The van der Waals surface area contributed by atoms with E-state index in [9.17, 15) is 18.8 Å². The number of likely N-dealkylation sites (tertiary alicyclic amines) is 1. The first-order valence-electron chi connectivity index (χ1n) is 9.97. The third kappa shape index (κ3) is 6.32. The van der Waals surface area contributed by atoms with Crippen molar-refractivity contribution in [3.05, 3.63) is 46.4 Å². The Morgan fingerprint density at radius 2 is 2.03 bits per heavy atom. The number of carbonyl (C=O) groups excluding carboxylic acids is 3. The number of rotatable bonds is 6. The standard InChI is InChI=1S/C21H24ClFN4O3.2H2S/c1-3-17(18-6-8-24-26-18)25-20(29)21(30)27-9-7-14(12(27)2)19(28)11-13-4-5-16(23)15(22)10-13;;/h4-6,10,12,14,17H,3,7-9,11H2,1-2H3,(H,25,29);2*1H2/t12-,14-,17-;;/m0../s1. The molecule has 2 aliphatic rings. The SMILES string of the molecule is CC[C@H](NC(=O)C(=O)N1CC[C@H](C(=O)Cc2ccc(F)c(Cl)c2)[C@@H]1C)C1=CCN=N1.S.S. The van der Waals surface area contributed by atoms with Crippen molar-refractivity contribution >= 4 is 56.2 Å². The number of ketones is 1. The fourth-order valence-corrected chi connectivity index (χ4v) is 4.09. The molecule has 0 saturated carbocycles. The fourth-order valence-electron chi connectivity index (χ4n) is 3.88. The van der Waals surface area contributed by atoms with E-state index in [1.807, 2.05) is 13.0 Å². The number of nitrogens with zero attached hydrogens (tertiary/aromatic N) is 3. The van der Waals surface area contributed by atoms with Crippen LogP contribution in [0, 0.1) is 11.7 Å². The summed E-state index contributed by atoms with van der Waals surface area (Å²) in [6.45, 7) is 4.46. The van der Waals surface area contributed by atoms with Crippen LogP contribution in [0.4, 0.5) is 4.39 Å². The molecule has 11 heteroatoms. The van der Waals surface area contributed by atoms with Gasteiger partial charge in [0.2, 0.25) is 0 Å². The van der Waals surface area contributed by atoms with E-state index in [0.717, 1.165) is 0 Å². The van der Waals surface area contributed by atoms with Crippen LogP contribution in [-0.2, 0) is 20.8 Å². The Bertz CT molecular complexity index is 928. The summed E-state index contributed by atoms with van der Waals surface area (Å²) in [7, 11) is 0. The van der Waals surface area contributed by atoms with Crippen molar-refractivity contribution in [1.82, 2.24) is 10.2 Å². The van der Waals surface area contributed by atoms with Crippen molar-refractivity contribution in [1.29, 1.82) is 0 Å². The molecule has 0 aliphatic carbocycles. The summed E-state index contributed by atoms with van der Waals surface area (Å²) in [6, 6.07) is 3.41. The minimum atomic E-state index is -0.713. The highest BCUT2D eigenvalue weighted by Crippen LogP contribution is 2.27. The van der Waals surface area contributed by atoms with Gasteiger partial charge in [-0.3, -0.25) is 14.4 Å². The molecule has 1 fully saturated rings. The molecule has 0 bridgehead atoms. The van der Waals surface area contributed by atoms with Crippen LogP contribution in [0.25, 0.3) is 0 Å². The van der Waals surface area contributed by atoms with Crippen LogP contribution >= 0.6 is 38.6 Å². The van der Waals surface area contributed by atoms with Crippen molar-refractivity contribution in [3.8, 4) is 0 Å². The van der Waals surface area contributed by atoms with Gasteiger partial charge in [0.25, 0.3) is 0 Å². The number of halogens is 2. The van der Waals surface area contributed by atoms with Crippen molar-refractivity contribution < 1.29 is 18.8 Å². The maximum atomic E-state index is 13.3. The molecule has 0 spiro atoms. The zero-order valence-electron chi connectivity index (χ0n) is 17.9. The Balaban J connectivity index is 0.00000256. The zero-order chi connectivity index (χ0) is 21.8. The predicted octanol–water partition coefficient (Wildman–Crippen LogP) is 3.30. The summed E-state index contributed by atoms with van der Waals surface area (Å²) >= 11 is 5.79. The summed E-state index contributed by atoms with van der Waals surface area (Å²) in [5.74, 6) is -2.36. The van der Waals surface area contributed by atoms with Gasteiger partial charge < -0.3 is 10.2 Å². The van der Waals surface area contributed by atoms with Crippen LogP contribution in [0.5, 0.6) is 0 Å². The largest absolute Gasteiger partial charge is 0.339 e. The fraction of sp³-hybridized carbons (Fsp3) is 0.476. The molecule has 3 rings (SSSR count). The van der Waals surface area contributed by atoms with E-state index in [4.69, 9.17) is 11.6 Å². The number of hydrogen-bond donors (Lipinski definition) is 1. The van der Waals surface area contributed by atoms with Gasteiger partial charge in [-0.15, -0.1) is 0 Å². The van der Waals surface area contributed by atoms with Gasteiger partial charge in [0.05, 0.1) is 23.3 Å². The first kappa shape index (κ1) is 28.1. The zero-order valence-corrected chi connectivity index (χ0v) is 20.7. The predicted molar refractivity (Wildman–Crippen MR) is 130 cm³/mol. The molecule has 0 radical (unpaired) electrons. The molecule has 3 atom stereocenters. The third-order valence-electron chi connectivity index (χ3n) is 5.62. The van der Waals surface area contributed by atoms with E-state index in [2.05, 4.69) is 15.5 Å². The summed E-state index contributed by atoms with van der Waals surface area (Å²) in [6.07, 6.45) is 2.97. The average molecular weight is 503 g/mol. The minimum Gasteiger partial charge on any atom is -0.339 e. The smallest absolute Gasteiger partial charge is 0.312 e. The highest BCUT2D eigenvalue weighted by Gasteiger charge is 2.40. The van der Waals surface area contributed by atoms with Crippen LogP contribution in [0.3, 0.4) is 0 Å². The maximum absolute atomic E-state index is 13.3. The Morgan fingerprint density at radius 1 is 1.31 bits per heavy atom. The van der Waals surface area contributed by atoms with Gasteiger partial charge in [-0.2, -0.15) is 37.2 Å². The highest BCUT2D eigenvalue weighted by atomic mass is 35.5. The molecular weight excluding hydrogens is 475 g/mol. The quantitative estimate of drug-likeness (QED) is 0.605. The van der Waals surface area contributed by atoms with Crippen molar-refractivity contribution in [2.75, 3.05) is 13.1 Å². The molecule has 176 valence electrons. The van der Waals surface area contributed by atoms with E-state index in [1.54, 1.807) is 6.92 Å². The Labute approximate surface area is 205 Å². The Kier molecular flexibility index (Phi) is 10.9. The van der Waals surface area contributed by atoms with Crippen LogP contribution in [0.2, 0.25) is 5.02 Å². The second-order valence-electron chi connectivity index (χ2n) is 7.51. The van der Waals surface area contributed by atoms with Gasteiger partial charge >= 0.3 is 11.8 Å². The second-order valence-corrected chi connectivity index (χ2v) is 7.92. The summed E-state index contributed by atoms with van der Waals surface area (Å²) < 4.78 is 13.3. The van der Waals surface area contributed by atoms with Crippen LogP contribution in [0.15, 0.2) is 40.2 Å². The normalized spacial score (nSPS) is 20.1. The Morgan fingerprint density at radius 3 is 2.62 bits per heavy atom. The lowest BCUT2D eigenvalue weighted by Crippen LogP contribution is -2.48. The molecular formula is C21H28ClFN4O3S2. The van der Waals surface area contributed by atoms with Gasteiger partial charge in [-0.1, -0.05) is 24.6 Å². The number of amides is 2. The van der Waals surface area contributed by atoms with Crippen LogP contribution < -0.4 is 5.32 Å². The lowest BCUT2D eigenvalue weighted by Gasteiger charge is -2.25. The average Bonchev–Trinajstić information content (AvgIpc) is 3.38. The molecule has 1 saturated heterocycles. The lowest BCUT2D eigenvalue weighted by molar-refractivity contribution is -0.147. The number of hydrogen-bond acceptors (Lipinski definition) is 5. The number of nitrogens with one attached hydrogen (secondary N) is 1. The lowest BCUT2D eigenvalue weighted by atomic mass is 9.92. The molecule has 1 N–H and O–H groups in total. The molecule has 2 amide bonds. The van der Waals surface area contributed by atoms with Crippen molar-refractivity contribution in [2.45, 2.75) is 45.2 Å². The van der Waals surface area contributed by atoms with Crippen LogP contribution in [0.1, 0.15) is 32.3 Å². The molecule has 1 aromatic carbocycles. The third-order valence-corrected chi connectivity index (χ3v) is 5.91. The van der Waals surface area contributed by atoms with Gasteiger partial charge in [0.15, 0.2) is 0 Å². The molecule has 2 heterocycles. The van der Waals surface area contributed by atoms with E-state index < -0.39 is 23.7 Å². The van der Waals surface area contributed by atoms with Gasteiger partial charge in [0, 0.05) is 24.9 Å². The molecule has 2 aliphatic heterocycles. The van der Waals surface area contributed by atoms with Crippen molar-refractivity contribution in [3.63, 3.8) is 0 Å². The van der Waals surface area contributed by atoms with Gasteiger partial charge in [-0.05, 0) is 43.5 Å². The molecule has 0 unspecified atom stereocenters. The molecule has 7 nitrogen and oxygen atoms in total. The monoisotopic (exact) mass is 502 g/mol. The minimum absolute atomic E-state index is 0. The van der Waals surface area contributed by atoms with E-state index in [-0.39, 0.29) is 56.2 Å². The summed E-state index contributed by atoms with van der Waals surface area (Å²) in [4.78, 5) is 39.4. The van der Waals surface area contributed by atoms with E-state index in [1.165, 1.54) is 23.1 Å². The van der Waals surface area contributed by atoms with Gasteiger partial charge in [-0.25, -0.2) is 4.39 Å². The molecule has 1 aromatic rings. The topological polar surface area (TPSA) is 91.2 Å². The number of azo groups is 1. The van der Waals surface area contributed by atoms with Crippen LogP contribution in [-0.4, -0.2) is 47.7 Å². The molecule has 32 heavy (non-hydrogen) atoms. The maximum Gasteiger partial charge on any atom is 0.312 e. The number of Topliss-reactive ketones (excluding diaryl/α,β-unsaturated/α-hetero) is 1. The first-order valence-corrected chi connectivity index (χ1v) is 10.3. The van der Waals surface area contributed by atoms with Gasteiger partial charge in [0.1, 0.15) is 11.6 Å². The molecule has 0 aromatic heterocycles. The summed E-state index contributed by atoms with van der Waals surface area (Å²) in [5.41, 5.74) is 1.27. The summed E-state index contributed by atoms with van der Waals surface area (Å²) in [5, 5.41) is 10.5.